The zero-order chi connectivity index (χ0) is 25.5. The van der Waals surface area contributed by atoms with Gasteiger partial charge in [0.2, 0.25) is 6.54 Å². The summed E-state index contributed by atoms with van der Waals surface area (Å²) in [6, 6.07) is 10.3. The lowest BCUT2D eigenvalue weighted by Gasteiger charge is -2.35. The zero-order valence-corrected chi connectivity index (χ0v) is 18.1. The van der Waals surface area contributed by atoms with Crippen molar-refractivity contribution < 1.29 is 39.0 Å². The van der Waals surface area contributed by atoms with Gasteiger partial charge in [0.15, 0.2) is 11.8 Å². The van der Waals surface area contributed by atoms with Crippen LogP contribution in [0, 0.1) is 30.3 Å². The molecule has 15 nitrogen and oxygen atoms in total. The lowest BCUT2D eigenvalue weighted by atomic mass is 9.95. The molecule has 0 aliphatic carbocycles. The van der Waals surface area contributed by atoms with Gasteiger partial charge < -0.3 is 20.0 Å². The van der Waals surface area contributed by atoms with Crippen molar-refractivity contribution in [3.05, 3.63) is 72.3 Å². The van der Waals surface area contributed by atoms with Crippen LogP contribution in [0.4, 0.5) is 0 Å². The fraction of sp³-hybridized carbons (Fsp3) is 0.421. The van der Waals surface area contributed by atoms with Gasteiger partial charge in [-0.25, -0.2) is 0 Å². The van der Waals surface area contributed by atoms with E-state index in [-0.39, 0.29) is 0 Å². The fourth-order valence-electron chi connectivity index (χ4n) is 3.13. The van der Waals surface area contributed by atoms with Gasteiger partial charge in [-0.2, -0.15) is 0 Å². The van der Waals surface area contributed by atoms with E-state index in [1.165, 1.54) is 14.0 Å². The van der Waals surface area contributed by atoms with E-state index >= 15 is 0 Å². The van der Waals surface area contributed by atoms with E-state index in [1.807, 2.05) is 0 Å². The Labute approximate surface area is 191 Å². The summed E-state index contributed by atoms with van der Waals surface area (Å²) >= 11 is 0. The molecule has 2 aromatic rings. The number of esters is 1. The smallest absolute Gasteiger partial charge is 0.313 e. The number of nitrogens with two attached hydrogens (primary N) is 1. The van der Waals surface area contributed by atoms with E-state index in [0.717, 1.165) is 10.8 Å². The van der Waals surface area contributed by atoms with Gasteiger partial charge in [-0.3, -0.25) is 19.7 Å². The molecule has 0 heterocycles. The number of carbonyl (C=O) groups excluding carboxylic acids is 1. The van der Waals surface area contributed by atoms with Gasteiger partial charge in [0.25, 0.3) is 10.2 Å². The maximum Gasteiger partial charge on any atom is 0.313 e. The Morgan fingerprint density at radius 1 is 1.06 bits per heavy atom. The van der Waals surface area contributed by atoms with Crippen molar-refractivity contribution in [2.24, 2.45) is 5.73 Å². The van der Waals surface area contributed by atoms with Crippen LogP contribution >= 0.6 is 0 Å². The van der Waals surface area contributed by atoms with Crippen molar-refractivity contribution in [2.75, 3.05) is 20.3 Å². The largest absolute Gasteiger partial charge is 0.497 e. The fourth-order valence-corrected chi connectivity index (χ4v) is 3.13. The predicted molar refractivity (Wildman–Crippen MR) is 113 cm³/mol. The summed E-state index contributed by atoms with van der Waals surface area (Å²) in [4.78, 5) is 53.0. The van der Waals surface area contributed by atoms with Crippen LogP contribution in [0.5, 0.6) is 5.75 Å². The van der Waals surface area contributed by atoms with Crippen LogP contribution in [0.1, 0.15) is 24.8 Å². The number of nitrogens with zero attached hydrogens (tertiary/aromatic N) is 3. The molecule has 0 amide bonds. The van der Waals surface area contributed by atoms with Crippen LogP contribution in [0.15, 0.2) is 36.4 Å². The molecule has 2 rings (SSSR count). The molecule has 0 aromatic heterocycles. The van der Waals surface area contributed by atoms with Crippen LogP contribution < -0.4 is 10.5 Å². The summed E-state index contributed by atoms with van der Waals surface area (Å²) in [5, 5.41) is 31.4. The second kappa shape index (κ2) is 11.0. The molecule has 184 valence electrons. The molecule has 2 N–H and O–H groups in total. The highest BCUT2D eigenvalue weighted by atomic mass is 17.0. The number of benzene rings is 2. The molecule has 0 spiro atoms. The molecule has 0 fully saturated rings. The van der Waals surface area contributed by atoms with Crippen LogP contribution in [0.25, 0.3) is 10.8 Å². The molecule has 2 aromatic carbocycles. The number of nitro groups is 1. The molecule has 0 radical (unpaired) electrons. The quantitative estimate of drug-likeness (QED) is 0.187. The molecule has 2 unspecified atom stereocenters. The maximum absolute atomic E-state index is 13.0. The molecule has 3 atom stereocenters. The SMILES string of the molecule is COc1ccc2cc([C@H](C)C(=O)OC(CC[N+](=O)[O-])(CO[N+](=O)[O-])C(N)O[N+](=O)[O-])ccc2c1. The van der Waals surface area contributed by atoms with Crippen molar-refractivity contribution in [1.82, 2.24) is 0 Å². The molecule has 0 saturated carbocycles. The Hall–Kier alpha value is -4.27. The highest BCUT2D eigenvalue weighted by Crippen LogP contribution is 2.29. The van der Waals surface area contributed by atoms with Crippen molar-refractivity contribution in [3.63, 3.8) is 0 Å². The van der Waals surface area contributed by atoms with E-state index in [4.69, 9.17) is 15.2 Å². The Morgan fingerprint density at radius 2 is 1.71 bits per heavy atom. The van der Waals surface area contributed by atoms with Gasteiger partial charge in [0.1, 0.15) is 12.4 Å². The van der Waals surface area contributed by atoms with Gasteiger partial charge in [0.05, 0.1) is 19.4 Å². The number of fused-ring (bicyclic) bond motifs is 1. The third-order valence-electron chi connectivity index (χ3n) is 5.08. The van der Waals surface area contributed by atoms with Gasteiger partial charge in [-0.1, -0.05) is 24.3 Å². The molecular formula is C19H22N4O11. The Balaban J connectivity index is 2.37. The average Bonchev–Trinajstić information content (AvgIpc) is 2.78. The Kier molecular flexibility index (Phi) is 8.44. The monoisotopic (exact) mass is 482 g/mol. The van der Waals surface area contributed by atoms with Crippen molar-refractivity contribution >= 4 is 16.7 Å². The minimum atomic E-state index is -2.40. The molecule has 0 bridgehead atoms. The summed E-state index contributed by atoms with van der Waals surface area (Å²) in [6.45, 7) is -0.562. The van der Waals surface area contributed by atoms with Crippen LogP contribution in [0.3, 0.4) is 0 Å². The van der Waals surface area contributed by atoms with Crippen LogP contribution in [0.2, 0.25) is 0 Å². The van der Waals surface area contributed by atoms with E-state index < -0.39 is 58.4 Å². The number of carbonyl (C=O) groups is 1. The van der Waals surface area contributed by atoms with Gasteiger partial charge in [-0.15, -0.1) is 20.2 Å². The first-order valence-corrected chi connectivity index (χ1v) is 9.74. The standard InChI is InChI=1S/C19H22N4O11/c1-12(13-3-4-15-10-16(31-2)6-5-14(15)9-13)17(24)33-19(7-8-21(25)26,11-32-22(27)28)18(20)34-23(29)30/h3-6,9-10,12,18H,7-8,11,20H2,1-2H3/t12-,18?,19?/m0/s1. The van der Waals surface area contributed by atoms with E-state index in [2.05, 4.69) is 9.68 Å². The molecule has 15 heteroatoms. The molecular weight excluding hydrogens is 460 g/mol. The summed E-state index contributed by atoms with van der Waals surface area (Å²) in [7, 11) is 1.52. The predicted octanol–water partition coefficient (Wildman–Crippen LogP) is 1.60. The molecule has 0 saturated heterocycles. The van der Waals surface area contributed by atoms with E-state index in [0.29, 0.717) is 11.3 Å². The molecule has 0 aliphatic rings. The minimum absolute atomic E-state index is 0.477. The summed E-state index contributed by atoms with van der Waals surface area (Å²) in [5.74, 6) is -1.36. The Bertz CT molecular complexity index is 1060. The minimum Gasteiger partial charge on any atom is -0.497 e. The normalized spacial score (nSPS) is 14.3. The lowest BCUT2D eigenvalue weighted by Crippen LogP contribution is -2.57. The summed E-state index contributed by atoms with van der Waals surface area (Å²) in [5.41, 5.74) is 3.71. The average molecular weight is 482 g/mol. The number of rotatable bonds is 13. The first kappa shape index (κ1) is 26.0. The van der Waals surface area contributed by atoms with Crippen LogP contribution in [-0.2, 0) is 19.2 Å². The first-order chi connectivity index (χ1) is 16.0. The zero-order valence-electron chi connectivity index (χ0n) is 18.1. The maximum atomic E-state index is 13.0. The van der Waals surface area contributed by atoms with Crippen molar-refractivity contribution in [1.29, 1.82) is 0 Å². The Morgan fingerprint density at radius 3 is 2.29 bits per heavy atom. The third-order valence-corrected chi connectivity index (χ3v) is 5.08. The van der Waals surface area contributed by atoms with Gasteiger partial charge >= 0.3 is 5.97 Å². The molecule has 34 heavy (non-hydrogen) atoms. The highest BCUT2D eigenvalue weighted by molar-refractivity contribution is 5.87. The van der Waals surface area contributed by atoms with Gasteiger partial charge in [-0.05, 0) is 35.4 Å². The topological polar surface area (TPSA) is 209 Å². The number of methoxy groups -OCH3 is 1. The van der Waals surface area contributed by atoms with Crippen molar-refractivity contribution in [3.8, 4) is 5.75 Å². The van der Waals surface area contributed by atoms with Crippen molar-refractivity contribution in [2.45, 2.75) is 31.1 Å². The second-order valence-corrected chi connectivity index (χ2v) is 7.23. The lowest BCUT2D eigenvalue weighted by molar-refractivity contribution is -0.780. The number of ether oxygens (including phenoxy) is 2. The number of hydrogen-bond acceptors (Lipinski definition) is 12. The van der Waals surface area contributed by atoms with Crippen LogP contribution in [-0.4, -0.2) is 53.2 Å². The summed E-state index contributed by atoms with van der Waals surface area (Å²) in [6.07, 6.45) is -2.86. The van der Waals surface area contributed by atoms with E-state index in [9.17, 15) is 35.1 Å². The second-order valence-electron chi connectivity index (χ2n) is 7.23. The number of hydrogen-bond donors (Lipinski definition) is 1. The highest BCUT2D eigenvalue weighted by Gasteiger charge is 2.46. The van der Waals surface area contributed by atoms with E-state index in [1.54, 1.807) is 36.4 Å². The third kappa shape index (κ3) is 6.61. The van der Waals surface area contributed by atoms with Gasteiger partial charge in [0, 0.05) is 4.92 Å². The molecule has 0 aliphatic heterocycles. The summed E-state index contributed by atoms with van der Waals surface area (Å²) < 4.78 is 10.5. The first-order valence-electron chi connectivity index (χ1n) is 9.74.